The van der Waals surface area contributed by atoms with Crippen LogP contribution < -0.4 is 9.62 Å². The van der Waals surface area contributed by atoms with Gasteiger partial charge in [0.2, 0.25) is 15.9 Å². The number of anilines is 1. The fourth-order valence-electron chi connectivity index (χ4n) is 3.76. The lowest BCUT2D eigenvalue weighted by molar-refractivity contribution is -0.137. The van der Waals surface area contributed by atoms with E-state index in [1.165, 1.54) is 6.07 Å². The lowest BCUT2D eigenvalue weighted by Gasteiger charge is -2.36. The second-order valence-electron chi connectivity index (χ2n) is 9.34. The molecule has 0 bridgehead atoms. The average Bonchev–Trinajstić information content (AvgIpc) is 2.78. The monoisotopic (exact) mass is 497 g/mol. The van der Waals surface area contributed by atoms with Crippen molar-refractivity contribution in [3.05, 3.63) is 59.7 Å². The molecule has 0 unspecified atom stereocenters. The number of carbonyl (C=O) groups is 1. The first-order valence-corrected chi connectivity index (χ1v) is 12.6. The van der Waals surface area contributed by atoms with Gasteiger partial charge in [-0.2, -0.15) is 13.2 Å². The van der Waals surface area contributed by atoms with Crippen LogP contribution in [0.2, 0.25) is 0 Å². The fraction of sp³-hybridized carbons (Fsp3) is 0.458. The first kappa shape index (κ1) is 26.0. The minimum absolute atomic E-state index is 0.00284. The molecule has 1 aliphatic rings. The maximum Gasteiger partial charge on any atom is 0.416 e. The van der Waals surface area contributed by atoms with Crippen molar-refractivity contribution in [2.45, 2.75) is 43.7 Å². The van der Waals surface area contributed by atoms with Crippen LogP contribution in [0.25, 0.3) is 0 Å². The summed E-state index contributed by atoms with van der Waals surface area (Å²) in [6, 6.07) is 11.8. The number of hydrogen-bond donors (Lipinski definition) is 1. The molecule has 0 aliphatic carbocycles. The van der Waals surface area contributed by atoms with E-state index in [0.29, 0.717) is 31.9 Å². The minimum Gasteiger partial charge on any atom is -0.368 e. The predicted molar refractivity (Wildman–Crippen MR) is 125 cm³/mol. The summed E-state index contributed by atoms with van der Waals surface area (Å²) >= 11 is 0. The van der Waals surface area contributed by atoms with Gasteiger partial charge in [-0.15, -0.1) is 0 Å². The molecule has 0 saturated carbocycles. The quantitative estimate of drug-likeness (QED) is 0.655. The Labute approximate surface area is 198 Å². The van der Waals surface area contributed by atoms with Gasteiger partial charge in [-0.05, 0) is 41.3 Å². The fourth-order valence-corrected chi connectivity index (χ4v) is 4.79. The van der Waals surface area contributed by atoms with Gasteiger partial charge in [0.1, 0.15) is 0 Å². The van der Waals surface area contributed by atoms with Crippen LogP contribution in [0.5, 0.6) is 0 Å². The second-order valence-corrected chi connectivity index (χ2v) is 11.1. The van der Waals surface area contributed by atoms with Crippen LogP contribution in [0, 0.1) is 0 Å². The van der Waals surface area contributed by atoms with E-state index in [-0.39, 0.29) is 29.2 Å². The Balaban J connectivity index is 1.49. The summed E-state index contributed by atoms with van der Waals surface area (Å²) in [6.45, 7) is 7.61. The van der Waals surface area contributed by atoms with E-state index in [9.17, 15) is 26.4 Å². The van der Waals surface area contributed by atoms with Gasteiger partial charge in [-0.25, -0.2) is 13.1 Å². The number of nitrogens with zero attached hydrogens (tertiary/aromatic N) is 2. The third-order valence-corrected chi connectivity index (χ3v) is 7.31. The van der Waals surface area contributed by atoms with E-state index in [1.54, 1.807) is 35.2 Å². The number of carbonyl (C=O) groups excluding carboxylic acids is 1. The molecule has 0 radical (unpaired) electrons. The third kappa shape index (κ3) is 6.50. The lowest BCUT2D eigenvalue weighted by atomic mass is 9.87. The van der Waals surface area contributed by atoms with Crippen LogP contribution in [-0.2, 0) is 26.4 Å². The molecule has 0 atom stereocenters. The van der Waals surface area contributed by atoms with Crippen molar-refractivity contribution in [3.8, 4) is 0 Å². The molecule has 1 aliphatic heterocycles. The number of hydrogen-bond acceptors (Lipinski definition) is 4. The molecule has 1 N–H and O–H groups in total. The van der Waals surface area contributed by atoms with Crippen molar-refractivity contribution >= 4 is 21.6 Å². The first-order chi connectivity index (χ1) is 15.8. The molecular formula is C24H30F3N3O3S. The number of amides is 1. The molecule has 1 saturated heterocycles. The Hall–Kier alpha value is -2.59. The van der Waals surface area contributed by atoms with Gasteiger partial charge in [-0.3, -0.25) is 4.79 Å². The SMILES string of the molecule is CC(C)(C)c1ccc(S(=O)(=O)NCCC(=O)N2CCN(c3cccc(C(F)(F)F)c3)CC2)cc1. The number of alkyl halides is 3. The molecule has 1 amide bonds. The van der Waals surface area contributed by atoms with Crippen molar-refractivity contribution in [3.63, 3.8) is 0 Å². The van der Waals surface area contributed by atoms with Gasteiger partial charge < -0.3 is 9.80 Å². The van der Waals surface area contributed by atoms with E-state index in [1.807, 2.05) is 25.7 Å². The number of benzene rings is 2. The molecule has 2 aromatic rings. The summed E-state index contributed by atoms with van der Waals surface area (Å²) in [7, 11) is -3.73. The standard InChI is InChI=1S/C24H30F3N3O3S/c1-23(2,3)18-7-9-21(10-8-18)34(32,33)28-12-11-22(31)30-15-13-29(14-16-30)20-6-4-5-19(17-20)24(25,26)27/h4-10,17,28H,11-16H2,1-3H3. The van der Waals surface area contributed by atoms with Crippen LogP contribution in [0.15, 0.2) is 53.4 Å². The van der Waals surface area contributed by atoms with Gasteiger partial charge in [-0.1, -0.05) is 39.0 Å². The van der Waals surface area contributed by atoms with E-state index in [2.05, 4.69) is 4.72 Å². The number of sulfonamides is 1. The maximum absolute atomic E-state index is 13.0. The van der Waals surface area contributed by atoms with Crippen molar-refractivity contribution in [1.29, 1.82) is 0 Å². The topological polar surface area (TPSA) is 69.7 Å². The number of rotatable bonds is 6. The minimum atomic E-state index is -4.41. The Morgan fingerprint density at radius 1 is 0.941 bits per heavy atom. The Bertz CT molecular complexity index is 1100. The molecule has 10 heteroatoms. The van der Waals surface area contributed by atoms with Gasteiger partial charge in [0, 0.05) is 44.8 Å². The predicted octanol–water partition coefficient (Wildman–Crippen LogP) is 4.02. The van der Waals surface area contributed by atoms with E-state index >= 15 is 0 Å². The van der Waals surface area contributed by atoms with Gasteiger partial charge in [0.25, 0.3) is 0 Å². The third-order valence-electron chi connectivity index (χ3n) is 5.83. The smallest absolute Gasteiger partial charge is 0.368 e. The van der Waals surface area contributed by atoms with Crippen LogP contribution >= 0.6 is 0 Å². The van der Waals surface area contributed by atoms with E-state index in [4.69, 9.17) is 0 Å². The molecule has 1 fully saturated rings. The number of nitrogens with one attached hydrogen (secondary N) is 1. The van der Waals surface area contributed by atoms with Gasteiger partial charge >= 0.3 is 6.18 Å². The number of piperazine rings is 1. The van der Waals surface area contributed by atoms with Crippen LogP contribution in [-0.4, -0.2) is 51.9 Å². The van der Waals surface area contributed by atoms with Crippen LogP contribution in [0.3, 0.4) is 0 Å². The van der Waals surface area contributed by atoms with E-state index in [0.717, 1.165) is 17.7 Å². The molecule has 0 aromatic heterocycles. The molecular weight excluding hydrogens is 467 g/mol. The molecule has 34 heavy (non-hydrogen) atoms. The maximum atomic E-state index is 13.0. The summed E-state index contributed by atoms with van der Waals surface area (Å²) in [5, 5.41) is 0. The summed E-state index contributed by atoms with van der Waals surface area (Å²) in [5.74, 6) is -0.200. The zero-order chi connectivity index (χ0) is 25.1. The molecule has 6 nitrogen and oxygen atoms in total. The molecule has 1 heterocycles. The van der Waals surface area contributed by atoms with Gasteiger partial charge in [0.05, 0.1) is 10.5 Å². The highest BCUT2D eigenvalue weighted by molar-refractivity contribution is 7.89. The second kappa shape index (κ2) is 9.95. The molecule has 2 aromatic carbocycles. The Kier molecular flexibility index (Phi) is 7.62. The van der Waals surface area contributed by atoms with Crippen molar-refractivity contribution < 1.29 is 26.4 Å². The molecule has 0 spiro atoms. The van der Waals surface area contributed by atoms with Crippen molar-refractivity contribution in [2.75, 3.05) is 37.6 Å². The summed E-state index contributed by atoms with van der Waals surface area (Å²) in [5.41, 5.74) is 0.690. The number of halogens is 3. The van der Waals surface area contributed by atoms with E-state index < -0.39 is 21.8 Å². The zero-order valence-corrected chi connectivity index (χ0v) is 20.3. The zero-order valence-electron chi connectivity index (χ0n) is 19.5. The highest BCUT2D eigenvalue weighted by atomic mass is 32.2. The molecule has 186 valence electrons. The molecule has 3 rings (SSSR count). The summed E-state index contributed by atoms with van der Waals surface area (Å²) < 4.78 is 66.4. The summed E-state index contributed by atoms with van der Waals surface area (Å²) in [4.78, 5) is 16.1. The van der Waals surface area contributed by atoms with Crippen molar-refractivity contribution in [1.82, 2.24) is 9.62 Å². The highest BCUT2D eigenvalue weighted by Crippen LogP contribution is 2.32. The average molecular weight is 498 g/mol. The largest absolute Gasteiger partial charge is 0.416 e. The first-order valence-electron chi connectivity index (χ1n) is 11.1. The summed E-state index contributed by atoms with van der Waals surface area (Å²) in [6.07, 6.45) is -4.40. The lowest BCUT2D eigenvalue weighted by Crippen LogP contribution is -2.49. The van der Waals surface area contributed by atoms with Crippen molar-refractivity contribution in [2.24, 2.45) is 0 Å². The Morgan fingerprint density at radius 3 is 2.12 bits per heavy atom. The Morgan fingerprint density at radius 2 is 1.56 bits per heavy atom. The van der Waals surface area contributed by atoms with Crippen LogP contribution in [0.1, 0.15) is 38.3 Å². The van der Waals surface area contributed by atoms with Gasteiger partial charge in [0.15, 0.2) is 0 Å². The normalized spacial score (nSPS) is 15.5. The highest BCUT2D eigenvalue weighted by Gasteiger charge is 2.31. The van der Waals surface area contributed by atoms with Crippen LogP contribution in [0.4, 0.5) is 18.9 Å².